The van der Waals surface area contributed by atoms with E-state index >= 15 is 0 Å². The zero-order valence-electron chi connectivity index (χ0n) is 10.8. The maximum Gasteiger partial charge on any atom is 0.251 e. The average Bonchev–Trinajstić information content (AvgIpc) is 2.87. The lowest BCUT2D eigenvalue weighted by molar-refractivity contribution is 0.0950. The van der Waals surface area contributed by atoms with Crippen LogP contribution in [-0.4, -0.2) is 15.3 Å². The summed E-state index contributed by atoms with van der Waals surface area (Å²) in [6, 6.07) is 12.7. The van der Waals surface area contributed by atoms with Crippen LogP contribution in [0.3, 0.4) is 0 Å². The lowest BCUT2D eigenvalue weighted by atomic mass is 10.2. The Morgan fingerprint density at radius 2 is 2.15 bits per heavy atom. The summed E-state index contributed by atoms with van der Waals surface area (Å²) in [7, 11) is 0. The van der Waals surface area contributed by atoms with Crippen LogP contribution in [0.15, 0.2) is 54.9 Å². The molecule has 5 nitrogen and oxygen atoms in total. The van der Waals surface area contributed by atoms with Crippen LogP contribution in [0.5, 0.6) is 0 Å². The molecular weight excluding hydrogens is 252 g/mol. The van der Waals surface area contributed by atoms with Crippen LogP contribution in [0.2, 0.25) is 0 Å². The average molecular weight is 266 g/mol. The molecule has 3 N–H and O–H groups in total. The van der Waals surface area contributed by atoms with Crippen LogP contribution >= 0.6 is 0 Å². The number of carbonyl (C=O) groups is 1. The number of aromatic nitrogens is 2. The van der Waals surface area contributed by atoms with Gasteiger partial charge in [-0.3, -0.25) is 4.79 Å². The van der Waals surface area contributed by atoms with Gasteiger partial charge in [-0.25, -0.2) is 4.98 Å². The lowest BCUT2D eigenvalue weighted by Crippen LogP contribution is -2.23. The Morgan fingerprint density at radius 1 is 1.25 bits per heavy atom. The summed E-state index contributed by atoms with van der Waals surface area (Å²) >= 11 is 0. The van der Waals surface area contributed by atoms with E-state index in [0.29, 0.717) is 17.8 Å². The summed E-state index contributed by atoms with van der Waals surface area (Å²) < 4.78 is 1.92. The first-order chi connectivity index (χ1) is 9.72. The minimum Gasteiger partial charge on any atom is -0.399 e. The molecule has 1 aromatic carbocycles. The summed E-state index contributed by atoms with van der Waals surface area (Å²) in [4.78, 5) is 16.4. The highest BCUT2D eigenvalue weighted by Crippen LogP contribution is 2.07. The molecule has 0 radical (unpaired) electrons. The molecule has 100 valence electrons. The molecule has 0 saturated heterocycles. The van der Waals surface area contributed by atoms with Crippen molar-refractivity contribution in [3.8, 4) is 0 Å². The molecule has 0 fully saturated rings. The molecule has 0 bridgehead atoms. The fourth-order valence-electron chi connectivity index (χ4n) is 2.03. The van der Waals surface area contributed by atoms with E-state index in [1.807, 2.05) is 35.0 Å². The maximum atomic E-state index is 12.0. The van der Waals surface area contributed by atoms with Gasteiger partial charge in [-0.2, -0.15) is 0 Å². The number of hydrogen-bond acceptors (Lipinski definition) is 3. The van der Waals surface area contributed by atoms with Crippen LogP contribution in [0, 0.1) is 0 Å². The molecule has 5 heteroatoms. The minimum absolute atomic E-state index is 0.158. The van der Waals surface area contributed by atoms with Gasteiger partial charge in [0.25, 0.3) is 5.91 Å². The summed E-state index contributed by atoms with van der Waals surface area (Å²) in [5, 5.41) is 2.83. The summed E-state index contributed by atoms with van der Waals surface area (Å²) in [5.41, 5.74) is 8.46. The van der Waals surface area contributed by atoms with Crippen LogP contribution in [0.4, 0.5) is 5.69 Å². The number of nitrogens with zero attached hydrogens (tertiary/aromatic N) is 2. The Kier molecular flexibility index (Phi) is 3.09. The predicted molar refractivity (Wildman–Crippen MR) is 77.2 cm³/mol. The van der Waals surface area contributed by atoms with E-state index in [1.165, 1.54) is 0 Å². The molecule has 0 aliphatic carbocycles. The number of carbonyl (C=O) groups excluding carboxylic acids is 1. The van der Waals surface area contributed by atoms with Crippen molar-refractivity contribution in [1.82, 2.24) is 14.7 Å². The standard InChI is InChI=1S/C15H14N4O/c16-12-5-3-4-11(8-12)15(20)17-9-13-10-19-7-2-1-6-14(19)18-13/h1-8,10H,9,16H2,(H,17,20). The fraction of sp³-hybridized carbons (Fsp3) is 0.0667. The molecule has 3 aromatic rings. The smallest absolute Gasteiger partial charge is 0.251 e. The van der Waals surface area contributed by atoms with Crippen molar-refractivity contribution in [3.63, 3.8) is 0 Å². The van der Waals surface area contributed by atoms with Gasteiger partial charge in [0.2, 0.25) is 0 Å². The van der Waals surface area contributed by atoms with Crippen molar-refractivity contribution in [2.75, 3.05) is 5.73 Å². The molecule has 0 atom stereocenters. The highest BCUT2D eigenvalue weighted by Gasteiger charge is 2.07. The van der Waals surface area contributed by atoms with Crippen molar-refractivity contribution >= 4 is 17.2 Å². The maximum absolute atomic E-state index is 12.0. The van der Waals surface area contributed by atoms with Crippen LogP contribution in [-0.2, 0) is 6.54 Å². The number of hydrogen-bond donors (Lipinski definition) is 2. The zero-order valence-corrected chi connectivity index (χ0v) is 10.8. The number of rotatable bonds is 3. The van der Waals surface area contributed by atoms with Gasteiger partial charge in [-0.05, 0) is 30.3 Å². The second-order valence-corrected chi connectivity index (χ2v) is 4.51. The molecule has 1 amide bonds. The van der Waals surface area contributed by atoms with Crippen LogP contribution < -0.4 is 11.1 Å². The Balaban J connectivity index is 1.71. The molecule has 0 aliphatic heterocycles. The van der Waals surface area contributed by atoms with Gasteiger partial charge in [0.15, 0.2) is 0 Å². The number of nitrogen functional groups attached to an aromatic ring is 1. The second-order valence-electron chi connectivity index (χ2n) is 4.51. The number of pyridine rings is 1. The highest BCUT2D eigenvalue weighted by molar-refractivity contribution is 5.94. The van der Waals surface area contributed by atoms with Gasteiger partial charge in [-0.15, -0.1) is 0 Å². The molecule has 3 rings (SSSR count). The van der Waals surface area contributed by atoms with Crippen molar-refractivity contribution in [2.45, 2.75) is 6.54 Å². The topological polar surface area (TPSA) is 72.4 Å². The third kappa shape index (κ3) is 2.47. The van der Waals surface area contributed by atoms with Crippen molar-refractivity contribution < 1.29 is 4.79 Å². The highest BCUT2D eigenvalue weighted by atomic mass is 16.1. The number of benzene rings is 1. The Labute approximate surface area is 116 Å². The van der Waals surface area contributed by atoms with Crippen molar-refractivity contribution in [2.24, 2.45) is 0 Å². The van der Waals surface area contributed by atoms with Gasteiger partial charge in [0, 0.05) is 23.6 Å². The quantitative estimate of drug-likeness (QED) is 0.710. The fourth-order valence-corrected chi connectivity index (χ4v) is 2.03. The SMILES string of the molecule is Nc1cccc(C(=O)NCc2cn3ccccc3n2)c1. The Morgan fingerprint density at radius 3 is 2.95 bits per heavy atom. The third-order valence-corrected chi connectivity index (χ3v) is 2.99. The first-order valence-corrected chi connectivity index (χ1v) is 6.29. The first-order valence-electron chi connectivity index (χ1n) is 6.29. The molecule has 0 aliphatic rings. The van der Waals surface area contributed by atoms with Crippen LogP contribution in [0.1, 0.15) is 16.1 Å². The van der Waals surface area contributed by atoms with Crippen LogP contribution in [0.25, 0.3) is 5.65 Å². The molecule has 0 unspecified atom stereocenters. The molecule has 20 heavy (non-hydrogen) atoms. The van der Waals surface area contributed by atoms with E-state index in [2.05, 4.69) is 10.3 Å². The lowest BCUT2D eigenvalue weighted by Gasteiger charge is -2.03. The number of anilines is 1. The van der Waals surface area contributed by atoms with Gasteiger partial charge in [0.1, 0.15) is 5.65 Å². The number of fused-ring (bicyclic) bond motifs is 1. The third-order valence-electron chi connectivity index (χ3n) is 2.99. The van der Waals surface area contributed by atoms with Gasteiger partial charge in [-0.1, -0.05) is 12.1 Å². The molecular formula is C15H14N4O. The Bertz CT molecular complexity index is 730. The molecule has 2 aromatic heterocycles. The molecule has 0 saturated carbocycles. The van der Waals surface area contributed by atoms with E-state index < -0.39 is 0 Å². The second kappa shape index (κ2) is 5.05. The minimum atomic E-state index is -0.158. The van der Waals surface area contributed by atoms with E-state index in [-0.39, 0.29) is 5.91 Å². The zero-order chi connectivity index (χ0) is 13.9. The summed E-state index contributed by atoms with van der Waals surface area (Å²) in [6.07, 6.45) is 3.82. The molecule has 0 spiro atoms. The van der Waals surface area contributed by atoms with Gasteiger partial charge >= 0.3 is 0 Å². The van der Waals surface area contributed by atoms with Gasteiger partial charge in [0.05, 0.1) is 12.2 Å². The number of nitrogens with two attached hydrogens (primary N) is 1. The normalized spacial score (nSPS) is 10.6. The van der Waals surface area contributed by atoms with E-state index in [9.17, 15) is 4.79 Å². The number of imidazole rings is 1. The monoisotopic (exact) mass is 266 g/mol. The Hall–Kier alpha value is -2.82. The van der Waals surface area contributed by atoms with E-state index in [4.69, 9.17) is 5.73 Å². The van der Waals surface area contributed by atoms with Crippen molar-refractivity contribution in [1.29, 1.82) is 0 Å². The van der Waals surface area contributed by atoms with E-state index in [1.54, 1.807) is 24.3 Å². The number of nitrogens with one attached hydrogen (secondary N) is 1. The molecule has 2 heterocycles. The summed E-state index contributed by atoms with van der Waals surface area (Å²) in [6.45, 7) is 0.384. The first kappa shape index (κ1) is 12.2. The van der Waals surface area contributed by atoms with Gasteiger partial charge < -0.3 is 15.5 Å². The van der Waals surface area contributed by atoms with E-state index in [0.717, 1.165) is 11.3 Å². The van der Waals surface area contributed by atoms with Crippen molar-refractivity contribution in [3.05, 3.63) is 66.1 Å². The largest absolute Gasteiger partial charge is 0.399 e. The number of amides is 1. The summed E-state index contributed by atoms with van der Waals surface area (Å²) in [5.74, 6) is -0.158. The predicted octanol–water partition coefficient (Wildman–Crippen LogP) is 1.85.